The van der Waals surface area contributed by atoms with Crippen molar-refractivity contribution < 1.29 is 55.0 Å². The number of methoxy groups -OCH3 is 2. The van der Waals surface area contributed by atoms with Crippen LogP contribution < -0.4 is 15.4 Å². The number of sulfonamides is 1. The van der Waals surface area contributed by atoms with Gasteiger partial charge in [0.15, 0.2) is 0 Å². The molecule has 1 aliphatic rings. The van der Waals surface area contributed by atoms with Gasteiger partial charge in [-0.1, -0.05) is 41.0 Å². The number of carbonyl (C=O) groups excluding carboxylic acids is 5. The highest BCUT2D eigenvalue weighted by Crippen LogP contribution is 2.30. The smallest absolute Gasteiger partial charge is 0.379 e. The van der Waals surface area contributed by atoms with Gasteiger partial charge in [-0.25, -0.2) is 13.1 Å². The van der Waals surface area contributed by atoms with Crippen molar-refractivity contribution in [2.75, 3.05) is 53.8 Å². The van der Waals surface area contributed by atoms with Crippen LogP contribution in [0.25, 0.3) is 0 Å². The average Bonchev–Trinajstić information content (AvgIpc) is 3.59. The molecule has 1 aliphatic heterocycles. The van der Waals surface area contributed by atoms with E-state index in [1.54, 1.807) is 36.3 Å². The lowest BCUT2D eigenvalue weighted by atomic mass is 9.90. The molecule has 19 heteroatoms. The van der Waals surface area contributed by atoms with Crippen LogP contribution >= 0.6 is 0 Å². The molecule has 0 aliphatic carbocycles. The van der Waals surface area contributed by atoms with Gasteiger partial charge < -0.3 is 29.9 Å². The Morgan fingerprint density at radius 3 is 2.05 bits per heavy atom. The van der Waals surface area contributed by atoms with Crippen molar-refractivity contribution in [2.24, 2.45) is 17.8 Å². The summed E-state index contributed by atoms with van der Waals surface area (Å²) >= 11 is 0. The van der Waals surface area contributed by atoms with E-state index < -0.39 is 69.2 Å². The van der Waals surface area contributed by atoms with Crippen LogP contribution in [0.3, 0.4) is 0 Å². The minimum Gasteiger partial charge on any atom is -0.379 e. The molecule has 0 aromatic heterocycles. The third-order valence-electron chi connectivity index (χ3n) is 10.1. The zero-order chi connectivity index (χ0) is 42.0. The molecule has 0 saturated carbocycles. The molecule has 1 saturated heterocycles. The predicted molar refractivity (Wildman–Crippen MR) is 198 cm³/mol. The lowest BCUT2D eigenvalue weighted by Crippen LogP contribution is -2.55. The monoisotopic (exact) mass is 806 g/mol. The molecule has 1 fully saturated rings. The lowest BCUT2D eigenvalue weighted by molar-refractivity contribution is -0.167. The van der Waals surface area contributed by atoms with Crippen LogP contribution in [0.5, 0.6) is 0 Å². The standard InChI is InChI=1S/C36H57F3N6O9S/c1-11-22(4)31(44(8)29(47)20-40-34(49)30(21(2)3)43(6)7)27(53-9)19-28(46)45-18-12-13-26(45)32(54-10)23(5)33(48)42-55(51,52)25-16-14-24(15-17-25)41-35(50)36(37,38)39/h14-17,21-23,26-27,30-32H,11-13,18-20H2,1-10H3,(H,40,49)(H,41,50)(H,42,48)/t22-,23+,26-,27+,30?,31-,32+/m0/s1. The van der Waals surface area contributed by atoms with Crippen LogP contribution in [0.2, 0.25) is 0 Å². The fraction of sp³-hybridized carbons (Fsp3) is 0.694. The Morgan fingerprint density at radius 1 is 0.964 bits per heavy atom. The van der Waals surface area contributed by atoms with Gasteiger partial charge in [-0.2, -0.15) is 13.2 Å². The van der Waals surface area contributed by atoms with Crippen molar-refractivity contribution in [1.82, 2.24) is 24.7 Å². The number of likely N-dealkylation sites (tertiary alicyclic amines) is 1. The summed E-state index contributed by atoms with van der Waals surface area (Å²) in [7, 11) is 3.50. The van der Waals surface area contributed by atoms with Crippen LogP contribution in [0.15, 0.2) is 29.2 Å². The van der Waals surface area contributed by atoms with E-state index in [0.717, 1.165) is 24.3 Å². The Labute approximate surface area is 322 Å². The summed E-state index contributed by atoms with van der Waals surface area (Å²) in [5, 5.41) is 4.35. The third-order valence-corrected chi connectivity index (χ3v) is 11.5. The maximum Gasteiger partial charge on any atom is 0.471 e. The highest BCUT2D eigenvalue weighted by molar-refractivity contribution is 7.90. The van der Waals surface area contributed by atoms with E-state index >= 15 is 0 Å². The molecule has 2 rings (SSSR count). The molecule has 1 aromatic rings. The van der Waals surface area contributed by atoms with Gasteiger partial charge >= 0.3 is 12.1 Å². The Bertz CT molecular complexity index is 1590. The minimum atomic E-state index is -5.14. The predicted octanol–water partition coefficient (Wildman–Crippen LogP) is 2.62. The Balaban J connectivity index is 2.18. The molecule has 5 amide bonds. The van der Waals surface area contributed by atoms with Crippen LogP contribution in [-0.4, -0.2) is 138 Å². The van der Waals surface area contributed by atoms with Gasteiger partial charge in [0.1, 0.15) is 0 Å². The molecule has 1 heterocycles. The fourth-order valence-electron chi connectivity index (χ4n) is 7.05. The Morgan fingerprint density at radius 2 is 1.56 bits per heavy atom. The first-order valence-electron chi connectivity index (χ1n) is 18.1. The number of ether oxygens (including phenoxy) is 2. The summed E-state index contributed by atoms with van der Waals surface area (Å²) in [6, 6.07) is 2.19. The van der Waals surface area contributed by atoms with Gasteiger partial charge in [0.05, 0.1) is 54.1 Å². The molecule has 15 nitrogen and oxygen atoms in total. The van der Waals surface area contributed by atoms with Crippen LogP contribution in [0.4, 0.5) is 18.9 Å². The Hall–Kier alpha value is -3.81. The minimum absolute atomic E-state index is 0.0116. The van der Waals surface area contributed by atoms with Gasteiger partial charge in [0.25, 0.3) is 10.0 Å². The van der Waals surface area contributed by atoms with Gasteiger partial charge in [-0.05, 0) is 63.0 Å². The molecular weight excluding hydrogens is 749 g/mol. The van der Waals surface area contributed by atoms with Crippen molar-refractivity contribution in [1.29, 1.82) is 0 Å². The SMILES string of the molecule is CC[C@H](C)[C@@H]([C@@H](CC(=O)N1CCC[C@H]1[C@H](OC)[C@@H](C)C(=O)NS(=O)(=O)c1ccc(NC(=O)C(F)(F)F)cc1)OC)N(C)C(=O)CNC(=O)C(C(C)C)N(C)C. The highest BCUT2D eigenvalue weighted by atomic mass is 32.2. The zero-order valence-corrected chi connectivity index (χ0v) is 34.0. The molecular formula is C36H57F3N6O9S. The fourth-order valence-corrected chi connectivity index (χ4v) is 8.12. The number of rotatable bonds is 19. The first-order valence-corrected chi connectivity index (χ1v) is 19.6. The van der Waals surface area contributed by atoms with E-state index in [1.807, 2.05) is 32.4 Å². The second kappa shape index (κ2) is 20.4. The number of alkyl halides is 3. The number of nitrogens with one attached hydrogen (secondary N) is 3. The quantitative estimate of drug-likeness (QED) is 0.188. The van der Waals surface area contributed by atoms with Crippen LogP contribution in [-0.2, 0) is 43.5 Å². The molecule has 7 atom stereocenters. The van der Waals surface area contributed by atoms with Crippen molar-refractivity contribution >= 4 is 45.2 Å². The van der Waals surface area contributed by atoms with Gasteiger partial charge in [0.2, 0.25) is 23.6 Å². The van der Waals surface area contributed by atoms with Gasteiger partial charge in [-0.3, -0.25) is 28.9 Å². The van der Waals surface area contributed by atoms with E-state index in [2.05, 4.69) is 5.32 Å². The number of anilines is 1. The summed E-state index contributed by atoms with van der Waals surface area (Å²) in [4.78, 5) is 69.2. The molecule has 1 aromatic carbocycles. The normalized spacial score (nSPS) is 18.2. The molecule has 55 heavy (non-hydrogen) atoms. The molecule has 0 bridgehead atoms. The maximum absolute atomic E-state index is 14.0. The van der Waals surface area contributed by atoms with Gasteiger partial charge in [0, 0.05) is 33.5 Å². The molecule has 0 radical (unpaired) electrons. The summed E-state index contributed by atoms with van der Waals surface area (Å²) in [5.41, 5.74) is -0.306. The van der Waals surface area contributed by atoms with Crippen molar-refractivity contribution in [3.05, 3.63) is 24.3 Å². The summed E-state index contributed by atoms with van der Waals surface area (Å²) in [6.45, 7) is 9.28. The number of benzene rings is 1. The number of likely N-dealkylation sites (N-methyl/N-ethyl adjacent to an activating group) is 2. The summed E-state index contributed by atoms with van der Waals surface area (Å²) < 4.78 is 77.3. The maximum atomic E-state index is 14.0. The van der Waals surface area contributed by atoms with Crippen LogP contribution in [0.1, 0.15) is 60.3 Å². The topological polar surface area (TPSA) is 184 Å². The number of hydrogen-bond acceptors (Lipinski definition) is 10. The first-order chi connectivity index (χ1) is 25.5. The van der Waals surface area contributed by atoms with Crippen molar-refractivity contribution in [3.8, 4) is 0 Å². The summed E-state index contributed by atoms with van der Waals surface area (Å²) in [5.74, 6) is -5.30. The molecule has 1 unspecified atom stereocenters. The van der Waals surface area contributed by atoms with Crippen molar-refractivity contribution in [3.63, 3.8) is 0 Å². The first kappa shape index (κ1) is 47.3. The molecule has 312 valence electrons. The zero-order valence-electron chi connectivity index (χ0n) is 33.2. The van der Waals surface area contributed by atoms with E-state index in [-0.39, 0.29) is 48.2 Å². The number of halogens is 3. The van der Waals surface area contributed by atoms with E-state index in [1.165, 1.54) is 26.0 Å². The van der Waals surface area contributed by atoms with E-state index in [9.17, 15) is 45.6 Å². The number of hydrogen-bond donors (Lipinski definition) is 3. The number of nitrogens with zero attached hydrogens (tertiary/aromatic N) is 3. The largest absolute Gasteiger partial charge is 0.471 e. The summed E-state index contributed by atoms with van der Waals surface area (Å²) in [6.07, 6.45) is -5.24. The lowest BCUT2D eigenvalue weighted by Gasteiger charge is -2.39. The number of amides is 5. The number of carbonyl (C=O) groups is 5. The molecule has 3 N–H and O–H groups in total. The van der Waals surface area contributed by atoms with Crippen molar-refractivity contribution in [2.45, 2.75) is 102 Å². The Kier molecular flexibility index (Phi) is 17.5. The third kappa shape index (κ3) is 12.6. The highest BCUT2D eigenvalue weighted by Gasteiger charge is 2.43. The van der Waals surface area contributed by atoms with Crippen LogP contribution in [0, 0.1) is 17.8 Å². The van der Waals surface area contributed by atoms with E-state index in [0.29, 0.717) is 25.8 Å². The molecule has 0 spiro atoms. The van der Waals surface area contributed by atoms with Gasteiger partial charge in [-0.15, -0.1) is 0 Å². The van der Waals surface area contributed by atoms with E-state index in [4.69, 9.17) is 9.47 Å². The second-order valence-electron chi connectivity index (χ2n) is 14.5. The second-order valence-corrected chi connectivity index (χ2v) is 16.1. The average molecular weight is 807 g/mol.